The fourth-order valence-electron chi connectivity index (χ4n) is 2.16. The third-order valence-electron chi connectivity index (χ3n) is 3.34. The number of H-pyrrole nitrogens is 1. The number of nitrogens with one attached hydrogen (secondary N) is 1. The van der Waals surface area contributed by atoms with Crippen molar-refractivity contribution in [2.24, 2.45) is 0 Å². The molecular formula is C16H15N4O3P. The standard InChI is InChI=1S/C16H15N4O3P/c1-9-3-8-12(15(24)17-9)10-4-6-11(7-5-10)23-14-13(16(21)22-2)18-20-19-14/h3-8H,24H2,1-2H3,(H,18,19,20). The molecule has 122 valence electrons. The van der Waals surface area contributed by atoms with E-state index in [2.05, 4.69) is 34.4 Å². The molecule has 3 aromatic rings. The topological polar surface area (TPSA) is 90.0 Å². The lowest BCUT2D eigenvalue weighted by molar-refractivity contribution is 0.0591. The number of pyridine rings is 1. The van der Waals surface area contributed by atoms with Crippen molar-refractivity contribution in [3.05, 3.63) is 47.8 Å². The molecule has 3 rings (SSSR count). The van der Waals surface area contributed by atoms with Crippen LogP contribution < -0.4 is 10.2 Å². The number of carbonyl (C=O) groups excluding carboxylic acids is 1. The van der Waals surface area contributed by atoms with Gasteiger partial charge in [-0.2, -0.15) is 0 Å². The monoisotopic (exact) mass is 342 g/mol. The number of methoxy groups -OCH3 is 1. The zero-order chi connectivity index (χ0) is 17.1. The molecule has 0 spiro atoms. The maximum Gasteiger partial charge on any atom is 0.364 e. The maximum absolute atomic E-state index is 11.6. The first-order valence-electron chi connectivity index (χ1n) is 7.09. The Kier molecular flexibility index (Phi) is 4.53. The van der Waals surface area contributed by atoms with E-state index in [0.29, 0.717) is 5.75 Å². The Bertz CT molecular complexity index is 877. The first kappa shape index (κ1) is 16.1. The Balaban J connectivity index is 1.83. The summed E-state index contributed by atoms with van der Waals surface area (Å²) in [4.78, 5) is 16.0. The van der Waals surface area contributed by atoms with E-state index in [9.17, 15) is 4.79 Å². The van der Waals surface area contributed by atoms with Crippen molar-refractivity contribution in [1.82, 2.24) is 20.4 Å². The molecule has 0 saturated carbocycles. The Morgan fingerprint density at radius 1 is 1.17 bits per heavy atom. The molecule has 1 atom stereocenters. The van der Waals surface area contributed by atoms with Gasteiger partial charge in [-0.1, -0.05) is 32.7 Å². The summed E-state index contributed by atoms with van der Waals surface area (Å²) in [5.74, 6) is 0.0624. The SMILES string of the molecule is COC(=O)c1nn[nH]c1Oc1ccc(-c2ccc(C)nc2P)cc1. The van der Waals surface area contributed by atoms with Gasteiger partial charge >= 0.3 is 5.97 Å². The van der Waals surface area contributed by atoms with Gasteiger partial charge in [-0.25, -0.2) is 9.89 Å². The summed E-state index contributed by atoms with van der Waals surface area (Å²) < 4.78 is 10.2. The molecule has 0 radical (unpaired) electrons. The summed E-state index contributed by atoms with van der Waals surface area (Å²) in [5.41, 5.74) is 3.88. The van der Waals surface area contributed by atoms with E-state index < -0.39 is 5.97 Å². The number of rotatable bonds is 4. The van der Waals surface area contributed by atoms with E-state index in [-0.39, 0.29) is 11.6 Å². The van der Waals surface area contributed by atoms with Gasteiger partial charge in [0.15, 0.2) is 0 Å². The van der Waals surface area contributed by atoms with Gasteiger partial charge in [0.1, 0.15) is 5.75 Å². The van der Waals surface area contributed by atoms with Crippen LogP contribution in [0.4, 0.5) is 0 Å². The molecule has 0 aliphatic carbocycles. The third kappa shape index (κ3) is 3.26. The number of aromatic amines is 1. The average Bonchev–Trinajstić information content (AvgIpc) is 3.03. The highest BCUT2D eigenvalue weighted by Gasteiger charge is 2.18. The van der Waals surface area contributed by atoms with Gasteiger partial charge in [0.25, 0.3) is 5.88 Å². The molecule has 0 bridgehead atoms. The van der Waals surface area contributed by atoms with Crippen LogP contribution in [0.3, 0.4) is 0 Å². The van der Waals surface area contributed by atoms with E-state index in [0.717, 1.165) is 22.3 Å². The summed E-state index contributed by atoms with van der Waals surface area (Å²) in [6.07, 6.45) is 0. The van der Waals surface area contributed by atoms with E-state index >= 15 is 0 Å². The zero-order valence-corrected chi connectivity index (χ0v) is 14.3. The lowest BCUT2D eigenvalue weighted by Crippen LogP contribution is -2.04. The van der Waals surface area contributed by atoms with Crippen molar-refractivity contribution in [3.8, 4) is 22.8 Å². The minimum absolute atomic E-state index is 0.00319. The molecule has 8 heteroatoms. The quantitative estimate of drug-likeness (QED) is 0.578. The number of esters is 1. The van der Waals surface area contributed by atoms with Gasteiger partial charge in [-0.3, -0.25) is 4.98 Å². The number of hydrogen-bond donors (Lipinski definition) is 1. The molecule has 0 saturated heterocycles. The summed E-state index contributed by atoms with van der Waals surface area (Å²) in [6.45, 7) is 1.95. The smallest absolute Gasteiger partial charge is 0.364 e. The number of ether oxygens (including phenoxy) is 2. The van der Waals surface area contributed by atoms with Crippen molar-refractivity contribution in [2.75, 3.05) is 7.11 Å². The molecule has 2 heterocycles. The molecule has 7 nitrogen and oxygen atoms in total. The van der Waals surface area contributed by atoms with Crippen LogP contribution in [0.2, 0.25) is 0 Å². The molecule has 1 N–H and O–H groups in total. The van der Waals surface area contributed by atoms with Crippen LogP contribution in [0.1, 0.15) is 16.2 Å². The van der Waals surface area contributed by atoms with Crippen molar-refractivity contribution in [3.63, 3.8) is 0 Å². The Labute approximate surface area is 140 Å². The summed E-state index contributed by atoms with van der Waals surface area (Å²) in [5, 5.41) is 9.75. The van der Waals surface area contributed by atoms with Crippen LogP contribution in [0.15, 0.2) is 36.4 Å². The maximum atomic E-state index is 11.6. The molecule has 2 aromatic heterocycles. The van der Waals surface area contributed by atoms with Crippen molar-refractivity contribution < 1.29 is 14.3 Å². The predicted molar refractivity (Wildman–Crippen MR) is 91.6 cm³/mol. The highest BCUT2D eigenvalue weighted by atomic mass is 31.0. The van der Waals surface area contributed by atoms with E-state index in [1.807, 2.05) is 31.2 Å². The van der Waals surface area contributed by atoms with Gasteiger partial charge in [-0.15, -0.1) is 5.10 Å². The van der Waals surface area contributed by atoms with Crippen LogP contribution in [-0.2, 0) is 4.74 Å². The van der Waals surface area contributed by atoms with E-state index in [1.165, 1.54) is 7.11 Å². The summed E-state index contributed by atoms with van der Waals surface area (Å²) in [6, 6.07) is 11.4. The Morgan fingerprint density at radius 2 is 1.92 bits per heavy atom. The lowest BCUT2D eigenvalue weighted by Gasteiger charge is -2.08. The Hall–Kier alpha value is -2.79. The molecular weight excluding hydrogens is 327 g/mol. The van der Waals surface area contributed by atoms with Gasteiger partial charge in [0, 0.05) is 11.3 Å². The molecule has 24 heavy (non-hydrogen) atoms. The second-order valence-corrected chi connectivity index (χ2v) is 5.54. The average molecular weight is 342 g/mol. The molecule has 0 aliphatic heterocycles. The number of aryl methyl sites for hydroxylation is 1. The highest BCUT2D eigenvalue weighted by Crippen LogP contribution is 2.26. The third-order valence-corrected chi connectivity index (χ3v) is 3.78. The highest BCUT2D eigenvalue weighted by molar-refractivity contribution is 7.27. The number of aromatic nitrogens is 4. The number of hydrogen-bond acceptors (Lipinski definition) is 6. The second kappa shape index (κ2) is 6.76. The Morgan fingerprint density at radius 3 is 2.58 bits per heavy atom. The number of nitrogens with zero attached hydrogens (tertiary/aromatic N) is 3. The van der Waals surface area contributed by atoms with E-state index in [1.54, 1.807) is 12.1 Å². The fraction of sp³-hybridized carbons (Fsp3) is 0.125. The molecule has 1 unspecified atom stereocenters. The molecule has 1 aromatic carbocycles. The molecule has 0 aliphatic rings. The van der Waals surface area contributed by atoms with E-state index in [4.69, 9.17) is 4.74 Å². The van der Waals surface area contributed by atoms with Crippen molar-refractivity contribution in [2.45, 2.75) is 6.92 Å². The van der Waals surface area contributed by atoms with Gasteiger partial charge < -0.3 is 9.47 Å². The van der Waals surface area contributed by atoms with Crippen molar-refractivity contribution in [1.29, 1.82) is 0 Å². The van der Waals surface area contributed by atoms with Gasteiger partial charge in [0.2, 0.25) is 5.69 Å². The fourth-order valence-corrected chi connectivity index (χ4v) is 2.63. The van der Waals surface area contributed by atoms with Crippen LogP contribution in [0.25, 0.3) is 11.1 Å². The number of carbonyl (C=O) groups is 1. The lowest BCUT2D eigenvalue weighted by atomic mass is 10.1. The minimum Gasteiger partial charge on any atom is -0.464 e. The number of benzene rings is 1. The summed E-state index contributed by atoms with van der Waals surface area (Å²) >= 11 is 0. The predicted octanol–water partition coefficient (Wildman–Crippen LogP) is 2.25. The molecule has 0 fully saturated rings. The minimum atomic E-state index is -0.617. The normalized spacial score (nSPS) is 10.5. The summed E-state index contributed by atoms with van der Waals surface area (Å²) in [7, 11) is 3.91. The molecule has 0 amide bonds. The first-order chi connectivity index (χ1) is 11.6. The largest absolute Gasteiger partial charge is 0.464 e. The van der Waals surface area contributed by atoms with Crippen LogP contribution in [0.5, 0.6) is 11.6 Å². The van der Waals surface area contributed by atoms with Gasteiger partial charge in [-0.05, 0) is 30.7 Å². The van der Waals surface area contributed by atoms with Crippen LogP contribution in [-0.4, -0.2) is 33.5 Å². The van der Waals surface area contributed by atoms with Crippen molar-refractivity contribution >= 4 is 20.6 Å². The van der Waals surface area contributed by atoms with Crippen LogP contribution >= 0.6 is 9.24 Å². The first-order valence-corrected chi connectivity index (χ1v) is 7.67. The van der Waals surface area contributed by atoms with Gasteiger partial charge in [0.05, 0.1) is 12.5 Å². The second-order valence-electron chi connectivity index (χ2n) is 4.99. The zero-order valence-electron chi connectivity index (χ0n) is 13.1. The van der Waals surface area contributed by atoms with Crippen LogP contribution in [0, 0.1) is 6.92 Å².